The molecule has 242 valence electrons. The highest BCUT2D eigenvalue weighted by Gasteiger charge is 2.42. The Kier molecular flexibility index (Phi) is 10.2. The van der Waals surface area contributed by atoms with E-state index in [0.717, 1.165) is 62.3 Å². The second-order valence-electron chi connectivity index (χ2n) is 12.4. The summed E-state index contributed by atoms with van der Waals surface area (Å²) in [5.41, 5.74) is -2.08. The number of rotatable bonds is 9. The van der Waals surface area contributed by atoms with Gasteiger partial charge in [-0.2, -0.15) is 8.78 Å². The highest BCUT2D eigenvalue weighted by atomic mass is 19.3. The summed E-state index contributed by atoms with van der Waals surface area (Å²) >= 11 is 0. The van der Waals surface area contributed by atoms with Gasteiger partial charge in [0.2, 0.25) is 0 Å². The zero-order valence-electron chi connectivity index (χ0n) is 25.0. The van der Waals surface area contributed by atoms with Crippen LogP contribution in [0.2, 0.25) is 0 Å². The van der Waals surface area contributed by atoms with Crippen molar-refractivity contribution in [3.63, 3.8) is 0 Å². The Bertz CT molecular complexity index is 1470. The number of ether oxygens (including phenoxy) is 1. The van der Waals surface area contributed by atoms with Crippen molar-refractivity contribution in [1.82, 2.24) is 0 Å². The normalized spacial score (nSPS) is 22.6. The van der Waals surface area contributed by atoms with Crippen molar-refractivity contribution >= 4 is 0 Å². The van der Waals surface area contributed by atoms with Gasteiger partial charge in [0.1, 0.15) is 28.8 Å². The van der Waals surface area contributed by atoms with Gasteiger partial charge in [-0.3, -0.25) is 0 Å². The molecule has 5 rings (SSSR count). The lowest BCUT2D eigenvalue weighted by Gasteiger charge is -2.38. The summed E-state index contributed by atoms with van der Waals surface area (Å²) in [4.78, 5) is 0. The maximum Gasteiger partial charge on any atom is 0.432 e. The minimum atomic E-state index is -4.50. The topological polar surface area (TPSA) is 9.23 Å². The molecule has 2 fully saturated rings. The van der Waals surface area contributed by atoms with Gasteiger partial charge < -0.3 is 4.74 Å². The maximum absolute atomic E-state index is 15.1. The number of alkyl halides is 2. The fourth-order valence-corrected chi connectivity index (χ4v) is 7.18. The first kappa shape index (κ1) is 33.0. The van der Waals surface area contributed by atoms with Gasteiger partial charge in [0.05, 0.1) is 0 Å². The molecule has 0 radical (unpaired) electrons. The predicted molar refractivity (Wildman–Crippen MR) is 157 cm³/mol. The van der Waals surface area contributed by atoms with E-state index in [1.165, 1.54) is 32.1 Å². The SMILES string of the molecule is C/C=C/CCC1CCC(C2CCC(c3cc(F)c(C(F)(F)Oc4ccc(-c5cc(F)c(F)c(F)c5)c(F)c4)c(F)c3)CC2)CC1. The molecule has 9 heteroatoms. The molecule has 0 N–H and O–H groups in total. The largest absolute Gasteiger partial charge is 0.432 e. The minimum Gasteiger partial charge on any atom is -0.429 e. The molecule has 3 aromatic carbocycles. The molecule has 0 saturated heterocycles. The van der Waals surface area contributed by atoms with Crippen LogP contribution in [0.25, 0.3) is 11.1 Å². The van der Waals surface area contributed by atoms with Crippen LogP contribution in [-0.2, 0) is 6.11 Å². The lowest BCUT2D eigenvalue weighted by atomic mass is 9.68. The van der Waals surface area contributed by atoms with Crippen molar-refractivity contribution in [2.75, 3.05) is 0 Å². The van der Waals surface area contributed by atoms with Gasteiger partial charge in [-0.15, -0.1) is 0 Å². The summed E-state index contributed by atoms with van der Waals surface area (Å²) in [6, 6.07) is 5.17. The van der Waals surface area contributed by atoms with Gasteiger partial charge >= 0.3 is 6.11 Å². The standard InChI is InChI=1S/C36H36F8O/c1-2-3-4-5-21-6-8-22(9-7-21)23-10-12-24(13-11-23)25-16-30(38)34(31(39)17-25)36(43,44)45-27-14-15-28(29(37)20-27)26-18-32(40)35(42)33(41)19-26/h2-3,14-24H,4-13H2,1H3/b3-2+. The van der Waals surface area contributed by atoms with Gasteiger partial charge in [0.25, 0.3) is 0 Å². The van der Waals surface area contributed by atoms with Crippen molar-refractivity contribution in [2.24, 2.45) is 17.8 Å². The molecule has 0 unspecified atom stereocenters. The molecule has 1 nitrogen and oxygen atoms in total. The fraction of sp³-hybridized carbons (Fsp3) is 0.444. The number of hydrogen-bond donors (Lipinski definition) is 0. The Morgan fingerprint density at radius 1 is 0.711 bits per heavy atom. The van der Waals surface area contributed by atoms with Crippen molar-refractivity contribution in [2.45, 2.75) is 83.2 Å². The maximum atomic E-state index is 15.1. The molecule has 2 aliphatic rings. The molecule has 0 bridgehead atoms. The number of benzene rings is 3. The van der Waals surface area contributed by atoms with E-state index in [4.69, 9.17) is 0 Å². The number of hydrogen-bond acceptors (Lipinski definition) is 1. The van der Waals surface area contributed by atoms with Crippen molar-refractivity contribution < 1.29 is 39.9 Å². The van der Waals surface area contributed by atoms with Crippen LogP contribution in [0.1, 0.15) is 88.2 Å². The molecular weight excluding hydrogens is 600 g/mol. The van der Waals surface area contributed by atoms with Crippen molar-refractivity contribution in [1.29, 1.82) is 0 Å². The van der Waals surface area contributed by atoms with Crippen LogP contribution in [0.15, 0.2) is 54.6 Å². The second-order valence-corrected chi connectivity index (χ2v) is 12.4. The molecule has 3 aromatic rings. The Hall–Kier alpha value is -3.36. The summed E-state index contributed by atoms with van der Waals surface area (Å²) in [5, 5.41) is 0. The van der Waals surface area contributed by atoms with Crippen LogP contribution in [0.3, 0.4) is 0 Å². The van der Waals surface area contributed by atoms with Crippen LogP contribution >= 0.6 is 0 Å². The van der Waals surface area contributed by atoms with Crippen LogP contribution < -0.4 is 4.74 Å². The average Bonchev–Trinajstić information content (AvgIpc) is 2.99. The molecule has 0 aliphatic heterocycles. The van der Waals surface area contributed by atoms with Gasteiger partial charge in [0, 0.05) is 11.6 Å². The molecule has 45 heavy (non-hydrogen) atoms. The zero-order chi connectivity index (χ0) is 32.3. The molecule has 0 amide bonds. The zero-order valence-corrected chi connectivity index (χ0v) is 25.0. The first-order valence-corrected chi connectivity index (χ1v) is 15.6. The first-order valence-electron chi connectivity index (χ1n) is 15.6. The average molecular weight is 637 g/mol. The van der Waals surface area contributed by atoms with E-state index in [1.807, 2.05) is 6.92 Å². The highest BCUT2D eigenvalue weighted by Crippen LogP contribution is 2.45. The van der Waals surface area contributed by atoms with Gasteiger partial charge in [-0.1, -0.05) is 25.0 Å². The summed E-state index contributed by atoms with van der Waals surface area (Å²) in [6.45, 7) is 2.04. The van der Waals surface area contributed by atoms with Gasteiger partial charge in [0.15, 0.2) is 17.5 Å². The fourth-order valence-electron chi connectivity index (χ4n) is 7.18. The quantitative estimate of drug-likeness (QED) is 0.129. The van der Waals surface area contributed by atoms with Crippen LogP contribution in [0.5, 0.6) is 5.75 Å². The van der Waals surface area contributed by atoms with Crippen molar-refractivity contribution in [3.05, 3.63) is 101 Å². The third kappa shape index (κ3) is 7.55. The van der Waals surface area contributed by atoms with Crippen LogP contribution in [-0.4, -0.2) is 0 Å². The number of allylic oxidation sites excluding steroid dienone is 2. The molecule has 2 saturated carbocycles. The second kappa shape index (κ2) is 14.0. The van der Waals surface area contributed by atoms with Crippen LogP contribution in [0, 0.1) is 52.7 Å². The lowest BCUT2D eigenvalue weighted by molar-refractivity contribution is -0.189. The van der Waals surface area contributed by atoms with E-state index >= 15 is 17.6 Å². The van der Waals surface area contributed by atoms with E-state index in [9.17, 15) is 17.6 Å². The molecule has 2 aliphatic carbocycles. The Balaban J connectivity index is 1.22. The van der Waals surface area contributed by atoms with E-state index in [0.29, 0.717) is 35.6 Å². The predicted octanol–water partition coefficient (Wildman–Crippen LogP) is 11.8. The minimum absolute atomic E-state index is 0.145. The number of halogens is 8. The molecule has 0 spiro atoms. The van der Waals surface area contributed by atoms with E-state index in [-0.39, 0.29) is 11.5 Å². The van der Waals surface area contributed by atoms with Crippen molar-refractivity contribution in [3.8, 4) is 16.9 Å². The Morgan fingerprint density at radius 2 is 1.29 bits per heavy atom. The Labute approximate surface area is 258 Å². The smallest absolute Gasteiger partial charge is 0.429 e. The monoisotopic (exact) mass is 636 g/mol. The molecular formula is C36H36F8O. The van der Waals surface area contributed by atoms with Gasteiger partial charge in [-0.05, 0) is 129 Å². The molecule has 0 heterocycles. The van der Waals surface area contributed by atoms with Crippen LogP contribution in [0.4, 0.5) is 35.1 Å². The summed E-state index contributed by atoms with van der Waals surface area (Å²) < 4.78 is 120. The third-order valence-electron chi connectivity index (χ3n) is 9.62. The first-order chi connectivity index (χ1) is 21.5. The summed E-state index contributed by atoms with van der Waals surface area (Å²) in [7, 11) is 0. The molecule has 0 aromatic heterocycles. The van der Waals surface area contributed by atoms with Gasteiger partial charge in [-0.25, -0.2) is 26.3 Å². The third-order valence-corrected chi connectivity index (χ3v) is 9.62. The molecule has 0 atom stereocenters. The summed E-state index contributed by atoms with van der Waals surface area (Å²) in [5.74, 6) is -7.96. The van der Waals surface area contributed by atoms with E-state index in [1.54, 1.807) is 0 Å². The Morgan fingerprint density at radius 3 is 1.84 bits per heavy atom. The van der Waals surface area contributed by atoms with E-state index < -0.39 is 57.9 Å². The highest BCUT2D eigenvalue weighted by molar-refractivity contribution is 5.65. The van der Waals surface area contributed by atoms with E-state index in [2.05, 4.69) is 16.9 Å². The summed E-state index contributed by atoms with van der Waals surface area (Å²) in [6.07, 6.45) is 10.4. The lowest BCUT2D eigenvalue weighted by Crippen LogP contribution is -2.27.